The van der Waals surface area contributed by atoms with Crippen molar-refractivity contribution in [1.82, 2.24) is 4.72 Å². The molecule has 1 saturated heterocycles. The maximum Gasteiger partial charge on any atom is 0.324 e. The van der Waals surface area contributed by atoms with Crippen LogP contribution in [0.2, 0.25) is 0 Å². The van der Waals surface area contributed by atoms with Crippen LogP contribution in [0.5, 0.6) is 5.75 Å². The minimum atomic E-state index is -3.89. The van der Waals surface area contributed by atoms with E-state index in [2.05, 4.69) is 10.0 Å². The number of carbonyl (C=O) groups excluding carboxylic acids is 2. The number of sulfonamides is 1. The number of esters is 1. The topological polar surface area (TPSA) is 111 Å². The Morgan fingerprint density at radius 1 is 1.24 bits per heavy atom. The van der Waals surface area contributed by atoms with E-state index < -0.39 is 22.0 Å². The highest BCUT2D eigenvalue weighted by molar-refractivity contribution is 7.89. The number of hydrogen-bond acceptors (Lipinski definition) is 6. The first-order valence-electron chi connectivity index (χ1n) is 6.21. The van der Waals surface area contributed by atoms with Crippen LogP contribution in [0.15, 0.2) is 23.1 Å². The van der Waals surface area contributed by atoms with E-state index in [1.807, 2.05) is 0 Å². The number of benzene rings is 1. The predicted octanol–water partition coefficient (Wildman–Crippen LogP) is -0.389. The highest BCUT2D eigenvalue weighted by Crippen LogP contribution is 2.30. The molecule has 9 heteroatoms. The summed E-state index contributed by atoms with van der Waals surface area (Å²) in [6.07, 6.45) is 0.294. The molecule has 1 aromatic rings. The molecule has 1 unspecified atom stereocenters. The van der Waals surface area contributed by atoms with Crippen molar-refractivity contribution in [3.8, 4) is 5.75 Å². The average Bonchev–Trinajstić information content (AvgIpc) is 2.82. The van der Waals surface area contributed by atoms with Crippen LogP contribution in [0, 0.1) is 0 Å². The third kappa shape index (κ3) is 2.69. The first kappa shape index (κ1) is 13.8. The van der Waals surface area contributed by atoms with Gasteiger partial charge in [0.1, 0.15) is 11.8 Å². The lowest BCUT2D eigenvalue weighted by Gasteiger charge is -2.19. The number of nitrogens with one attached hydrogen (secondary N) is 2. The van der Waals surface area contributed by atoms with Gasteiger partial charge in [0.05, 0.1) is 17.2 Å². The highest BCUT2D eigenvalue weighted by Gasteiger charge is 2.31. The number of anilines is 1. The van der Waals surface area contributed by atoms with Crippen LogP contribution in [0.3, 0.4) is 0 Å². The monoisotopic (exact) mass is 312 g/mol. The maximum absolute atomic E-state index is 12.2. The number of carbonyl (C=O) groups is 2. The van der Waals surface area contributed by atoms with Crippen molar-refractivity contribution in [3.63, 3.8) is 0 Å². The lowest BCUT2D eigenvalue weighted by Crippen LogP contribution is -2.38. The third-order valence-electron chi connectivity index (χ3n) is 3.13. The van der Waals surface area contributed by atoms with Gasteiger partial charge in [-0.15, -0.1) is 0 Å². The molecule has 3 rings (SSSR count). The Morgan fingerprint density at radius 3 is 2.76 bits per heavy atom. The third-order valence-corrected chi connectivity index (χ3v) is 4.60. The van der Waals surface area contributed by atoms with Crippen molar-refractivity contribution in [3.05, 3.63) is 18.2 Å². The fourth-order valence-electron chi connectivity index (χ4n) is 2.09. The van der Waals surface area contributed by atoms with Gasteiger partial charge in [0.25, 0.3) is 5.91 Å². The van der Waals surface area contributed by atoms with Gasteiger partial charge in [-0.05, 0) is 18.2 Å². The molecule has 2 N–H and O–H groups in total. The van der Waals surface area contributed by atoms with Gasteiger partial charge in [0, 0.05) is 6.42 Å². The minimum Gasteiger partial charge on any atom is -0.482 e. The van der Waals surface area contributed by atoms with E-state index in [-0.39, 0.29) is 29.7 Å². The number of hydrogen-bond donors (Lipinski definition) is 2. The zero-order valence-electron chi connectivity index (χ0n) is 10.8. The van der Waals surface area contributed by atoms with E-state index in [1.165, 1.54) is 18.2 Å². The summed E-state index contributed by atoms with van der Waals surface area (Å²) < 4.78 is 36.6. The Balaban J connectivity index is 1.87. The summed E-state index contributed by atoms with van der Waals surface area (Å²) in [6.45, 7) is 0.0887. The van der Waals surface area contributed by atoms with Crippen molar-refractivity contribution < 1.29 is 27.5 Å². The molecule has 1 atom stereocenters. The number of ether oxygens (including phenoxy) is 2. The molecule has 2 heterocycles. The standard InChI is InChI=1S/C12H12N2O6S/c15-11-6-20-10-2-1-7(5-9(10)13-11)21(17,18)14-8-3-4-19-12(8)16/h1-2,5,8,14H,3-4,6H2,(H,13,15). The van der Waals surface area contributed by atoms with E-state index in [9.17, 15) is 18.0 Å². The van der Waals surface area contributed by atoms with Crippen LogP contribution in [0.4, 0.5) is 5.69 Å². The quantitative estimate of drug-likeness (QED) is 0.736. The van der Waals surface area contributed by atoms with Gasteiger partial charge >= 0.3 is 5.97 Å². The summed E-state index contributed by atoms with van der Waals surface area (Å²) in [7, 11) is -3.89. The summed E-state index contributed by atoms with van der Waals surface area (Å²) >= 11 is 0. The second kappa shape index (κ2) is 5.01. The number of fused-ring (bicyclic) bond motifs is 1. The molecule has 0 radical (unpaired) electrons. The zero-order chi connectivity index (χ0) is 15.0. The molecule has 0 aliphatic carbocycles. The van der Waals surface area contributed by atoms with Crippen LogP contribution < -0.4 is 14.8 Å². The predicted molar refractivity (Wildman–Crippen MR) is 70.3 cm³/mol. The van der Waals surface area contributed by atoms with E-state index in [0.717, 1.165) is 0 Å². The normalized spacial score (nSPS) is 21.2. The van der Waals surface area contributed by atoms with Crippen LogP contribution in [-0.2, 0) is 24.3 Å². The molecule has 1 fully saturated rings. The van der Waals surface area contributed by atoms with Crippen LogP contribution in [-0.4, -0.2) is 39.5 Å². The molecule has 1 amide bonds. The largest absolute Gasteiger partial charge is 0.482 e. The molecule has 0 saturated carbocycles. The number of rotatable bonds is 3. The van der Waals surface area contributed by atoms with Gasteiger partial charge in [-0.2, -0.15) is 4.72 Å². The maximum atomic E-state index is 12.2. The molecule has 2 aliphatic rings. The Bertz CT molecular complexity index is 714. The molecule has 21 heavy (non-hydrogen) atoms. The molecule has 1 aromatic carbocycles. The summed E-state index contributed by atoms with van der Waals surface area (Å²) in [5.41, 5.74) is 0.281. The molecular weight excluding hydrogens is 300 g/mol. The Labute approximate surface area is 120 Å². The van der Waals surface area contributed by atoms with Gasteiger partial charge in [-0.3, -0.25) is 9.59 Å². The number of cyclic esters (lactones) is 1. The second-order valence-electron chi connectivity index (χ2n) is 4.62. The summed E-state index contributed by atoms with van der Waals surface area (Å²) in [4.78, 5) is 22.5. The van der Waals surface area contributed by atoms with Gasteiger partial charge < -0.3 is 14.8 Å². The van der Waals surface area contributed by atoms with Crippen molar-refractivity contribution in [2.75, 3.05) is 18.5 Å². The molecule has 112 valence electrons. The molecule has 0 bridgehead atoms. The Morgan fingerprint density at radius 2 is 2.05 bits per heavy atom. The molecule has 2 aliphatic heterocycles. The Kier molecular flexibility index (Phi) is 3.30. The summed E-state index contributed by atoms with van der Waals surface area (Å²) in [5.74, 6) is -0.550. The lowest BCUT2D eigenvalue weighted by atomic mass is 10.2. The molecule has 8 nitrogen and oxygen atoms in total. The number of amides is 1. The van der Waals surface area contributed by atoms with Crippen molar-refractivity contribution in [2.24, 2.45) is 0 Å². The van der Waals surface area contributed by atoms with E-state index in [4.69, 9.17) is 9.47 Å². The van der Waals surface area contributed by atoms with Gasteiger partial charge in [-0.25, -0.2) is 8.42 Å². The lowest BCUT2D eigenvalue weighted by molar-refractivity contribution is -0.139. The fourth-order valence-corrected chi connectivity index (χ4v) is 3.33. The SMILES string of the molecule is O=C1COc2ccc(S(=O)(=O)NC3CCOC3=O)cc2N1. The molecular formula is C12H12N2O6S. The molecule has 0 aromatic heterocycles. The first-order chi connectivity index (χ1) is 9.95. The summed E-state index contributed by atoms with van der Waals surface area (Å²) in [6, 6.07) is 3.21. The minimum absolute atomic E-state index is 0.0632. The summed E-state index contributed by atoms with van der Waals surface area (Å²) in [5, 5.41) is 2.53. The Hall–Kier alpha value is -2.13. The smallest absolute Gasteiger partial charge is 0.324 e. The average molecular weight is 312 g/mol. The van der Waals surface area contributed by atoms with E-state index >= 15 is 0 Å². The van der Waals surface area contributed by atoms with Crippen molar-refractivity contribution >= 4 is 27.6 Å². The van der Waals surface area contributed by atoms with Gasteiger partial charge in [-0.1, -0.05) is 0 Å². The van der Waals surface area contributed by atoms with E-state index in [1.54, 1.807) is 0 Å². The fraction of sp³-hybridized carbons (Fsp3) is 0.333. The second-order valence-corrected chi connectivity index (χ2v) is 6.34. The highest BCUT2D eigenvalue weighted by atomic mass is 32.2. The van der Waals surface area contributed by atoms with Crippen LogP contribution in [0.25, 0.3) is 0 Å². The van der Waals surface area contributed by atoms with Crippen molar-refractivity contribution in [2.45, 2.75) is 17.4 Å². The zero-order valence-corrected chi connectivity index (χ0v) is 11.6. The molecule has 0 spiro atoms. The van der Waals surface area contributed by atoms with Crippen molar-refractivity contribution in [1.29, 1.82) is 0 Å². The van der Waals surface area contributed by atoms with Gasteiger partial charge in [0.2, 0.25) is 10.0 Å². The van der Waals surface area contributed by atoms with Gasteiger partial charge in [0.15, 0.2) is 6.61 Å². The van der Waals surface area contributed by atoms with E-state index in [0.29, 0.717) is 12.2 Å². The van der Waals surface area contributed by atoms with Crippen LogP contribution >= 0.6 is 0 Å². The first-order valence-corrected chi connectivity index (χ1v) is 7.70. The van der Waals surface area contributed by atoms with Crippen LogP contribution in [0.1, 0.15) is 6.42 Å².